The van der Waals surface area contributed by atoms with Gasteiger partial charge >= 0.3 is 6.09 Å². The summed E-state index contributed by atoms with van der Waals surface area (Å²) in [6.07, 6.45) is 1.77. The number of likely N-dealkylation sites (tertiary alicyclic amines) is 1. The second-order valence-electron chi connectivity index (χ2n) is 7.40. The number of anilines is 1. The Balaban J connectivity index is 1.27. The zero-order valence-corrected chi connectivity index (χ0v) is 15.0. The first kappa shape index (κ1) is 16.7. The highest BCUT2D eigenvalue weighted by molar-refractivity contribution is 5.69. The van der Waals surface area contributed by atoms with Gasteiger partial charge in [0.15, 0.2) is 0 Å². The molecule has 0 spiro atoms. The topological polar surface area (TPSA) is 48.0 Å². The van der Waals surface area contributed by atoms with Gasteiger partial charge in [0, 0.05) is 56.6 Å². The Kier molecular flexibility index (Phi) is 4.81. The molecule has 0 radical (unpaired) electrons. The van der Waals surface area contributed by atoms with Crippen molar-refractivity contribution in [1.29, 1.82) is 0 Å². The molecule has 2 fully saturated rings. The number of fused-ring (bicyclic) bond motifs is 1. The summed E-state index contributed by atoms with van der Waals surface area (Å²) in [5, 5.41) is 3.31. The van der Waals surface area contributed by atoms with Gasteiger partial charge in [-0.15, -0.1) is 0 Å². The molecule has 0 aromatic heterocycles. The average Bonchev–Trinajstić information content (AvgIpc) is 3.06. The van der Waals surface area contributed by atoms with Crippen LogP contribution in [-0.4, -0.2) is 79.7 Å². The molecule has 1 N–H and O–H groups in total. The summed E-state index contributed by atoms with van der Waals surface area (Å²) in [5.41, 5.74) is 2.16. The molecule has 3 aliphatic rings. The van der Waals surface area contributed by atoms with Gasteiger partial charge in [0.25, 0.3) is 0 Å². The van der Waals surface area contributed by atoms with Crippen LogP contribution in [0.1, 0.15) is 24.5 Å². The van der Waals surface area contributed by atoms with Crippen molar-refractivity contribution >= 4 is 11.8 Å². The summed E-state index contributed by atoms with van der Waals surface area (Å²) < 4.78 is 5.78. The third kappa shape index (κ3) is 3.60. The fraction of sp³-hybridized carbons (Fsp3) is 0.632. The van der Waals surface area contributed by atoms with Crippen molar-refractivity contribution in [2.75, 3.05) is 58.2 Å². The quantitative estimate of drug-likeness (QED) is 0.889. The Labute approximate surface area is 149 Å². The van der Waals surface area contributed by atoms with Crippen molar-refractivity contribution in [2.24, 2.45) is 0 Å². The third-order valence-electron chi connectivity index (χ3n) is 5.81. The predicted molar refractivity (Wildman–Crippen MR) is 97.8 cm³/mol. The van der Waals surface area contributed by atoms with Crippen LogP contribution in [0.4, 0.5) is 10.5 Å². The molecule has 1 unspecified atom stereocenters. The third-order valence-corrected chi connectivity index (χ3v) is 5.81. The summed E-state index contributed by atoms with van der Waals surface area (Å²) >= 11 is 0. The first-order valence-electron chi connectivity index (χ1n) is 9.41. The van der Waals surface area contributed by atoms with Crippen LogP contribution in [0.15, 0.2) is 24.3 Å². The van der Waals surface area contributed by atoms with E-state index in [1.54, 1.807) is 0 Å². The number of para-hydroxylation sites is 1. The van der Waals surface area contributed by atoms with Crippen molar-refractivity contribution in [3.63, 3.8) is 0 Å². The van der Waals surface area contributed by atoms with Gasteiger partial charge in [-0.2, -0.15) is 0 Å². The number of hydrogen-bond acceptors (Lipinski definition) is 5. The van der Waals surface area contributed by atoms with Crippen LogP contribution >= 0.6 is 0 Å². The smallest absolute Gasteiger partial charge is 0.410 e. The van der Waals surface area contributed by atoms with E-state index in [2.05, 4.69) is 22.2 Å². The fourth-order valence-corrected chi connectivity index (χ4v) is 4.15. The highest BCUT2D eigenvalue weighted by atomic mass is 16.6. The number of carbonyl (C=O) groups excluding carboxylic acids is 1. The van der Waals surface area contributed by atoms with Crippen molar-refractivity contribution in [1.82, 2.24) is 14.7 Å². The van der Waals surface area contributed by atoms with Gasteiger partial charge in [0.1, 0.15) is 6.10 Å². The number of benzene rings is 1. The highest BCUT2D eigenvalue weighted by Crippen LogP contribution is 2.32. The van der Waals surface area contributed by atoms with E-state index in [1.807, 2.05) is 29.2 Å². The van der Waals surface area contributed by atoms with Crippen LogP contribution < -0.4 is 5.32 Å². The Bertz CT molecular complexity index is 607. The van der Waals surface area contributed by atoms with E-state index in [4.69, 9.17) is 4.74 Å². The lowest BCUT2D eigenvalue weighted by Gasteiger charge is -2.41. The number of hydrogen-bond donors (Lipinski definition) is 1. The molecule has 1 amide bonds. The first-order valence-corrected chi connectivity index (χ1v) is 9.41. The summed E-state index contributed by atoms with van der Waals surface area (Å²) in [5.74, 6) is 0. The zero-order chi connectivity index (χ0) is 17.2. The lowest BCUT2D eigenvalue weighted by Crippen LogP contribution is -2.53. The van der Waals surface area contributed by atoms with Crippen LogP contribution in [0, 0.1) is 0 Å². The molecule has 4 rings (SSSR count). The van der Waals surface area contributed by atoms with Crippen LogP contribution in [0.2, 0.25) is 0 Å². The average molecular weight is 344 g/mol. The van der Waals surface area contributed by atoms with Gasteiger partial charge < -0.3 is 19.9 Å². The van der Waals surface area contributed by atoms with Crippen molar-refractivity contribution in [3.8, 4) is 0 Å². The number of piperazine rings is 1. The molecular weight excluding hydrogens is 316 g/mol. The maximum absolute atomic E-state index is 12.5. The molecule has 3 heterocycles. The number of nitrogens with one attached hydrogen (secondary N) is 1. The van der Waals surface area contributed by atoms with E-state index >= 15 is 0 Å². The van der Waals surface area contributed by atoms with Crippen LogP contribution in [-0.2, 0) is 4.74 Å². The van der Waals surface area contributed by atoms with Crippen molar-refractivity contribution < 1.29 is 9.53 Å². The van der Waals surface area contributed by atoms with E-state index < -0.39 is 0 Å². The molecule has 1 atom stereocenters. The minimum absolute atomic E-state index is 0.166. The first-order chi connectivity index (χ1) is 12.2. The summed E-state index contributed by atoms with van der Waals surface area (Å²) in [4.78, 5) is 19.4. The Hall–Kier alpha value is -1.79. The van der Waals surface area contributed by atoms with Gasteiger partial charge in [-0.05, 0) is 26.0 Å². The van der Waals surface area contributed by atoms with Crippen molar-refractivity contribution in [2.45, 2.75) is 25.0 Å². The summed E-state index contributed by atoms with van der Waals surface area (Å²) in [6, 6.07) is 8.68. The molecule has 136 valence electrons. The molecule has 1 aromatic rings. The van der Waals surface area contributed by atoms with E-state index in [0.29, 0.717) is 12.6 Å². The Morgan fingerprint density at radius 2 is 1.80 bits per heavy atom. The molecule has 6 heteroatoms. The molecule has 0 saturated carbocycles. The normalized spacial score (nSPS) is 25.5. The molecule has 1 aromatic carbocycles. The molecule has 0 bridgehead atoms. The standard InChI is InChI=1S/C19H28N4O2/c1-21-10-12-22(13-11-21)15-6-8-23(9-7-15)19(24)25-18-14-20-17-5-3-2-4-16(17)18/h2-5,15,18,20H,6-14H2,1H3. The van der Waals surface area contributed by atoms with Crippen LogP contribution in [0.25, 0.3) is 0 Å². The number of ether oxygens (including phenoxy) is 1. The largest absolute Gasteiger partial charge is 0.439 e. The Morgan fingerprint density at radius 3 is 2.56 bits per heavy atom. The molecule has 0 aliphatic carbocycles. The summed E-state index contributed by atoms with van der Waals surface area (Å²) in [6.45, 7) is 6.87. The lowest BCUT2D eigenvalue weighted by atomic mass is 10.0. The van der Waals surface area contributed by atoms with Gasteiger partial charge in [-0.1, -0.05) is 18.2 Å². The Morgan fingerprint density at radius 1 is 1.08 bits per heavy atom. The van der Waals surface area contributed by atoms with Crippen LogP contribution in [0.3, 0.4) is 0 Å². The molecule has 25 heavy (non-hydrogen) atoms. The van der Waals surface area contributed by atoms with E-state index in [-0.39, 0.29) is 12.2 Å². The minimum Gasteiger partial charge on any atom is -0.439 e. The van der Waals surface area contributed by atoms with Crippen molar-refractivity contribution in [3.05, 3.63) is 29.8 Å². The van der Waals surface area contributed by atoms with Gasteiger partial charge in [-0.25, -0.2) is 4.79 Å². The second kappa shape index (κ2) is 7.22. The van der Waals surface area contributed by atoms with E-state index in [1.165, 1.54) is 0 Å². The molecule has 3 aliphatic heterocycles. The molecule has 6 nitrogen and oxygen atoms in total. The van der Waals surface area contributed by atoms with E-state index in [9.17, 15) is 4.79 Å². The van der Waals surface area contributed by atoms with Gasteiger partial charge in [-0.3, -0.25) is 4.90 Å². The highest BCUT2D eigenvalue weighted by Gasteiger charge is 2.31. The number of piperidine rings is 1. The SMILES string of the molecule is CN1CCN(C2CCN(C(=O)OC3CNc4ccccc43)CC2)CC1. The second-order valence-corrected chi connectivity index (χ2v) is 7.40. The number of nitrogens with zero attached hydrogens (tertiary/aromatic N) is 3. The number of carbonyl (C=O) groups is 1. The molecular formula is C19H28N4O2. The number of amides is 1. The van der Waals surface area contributed by atoms with E-state index in [0.717, 1.165) is 63.4 Å². The maximum Gasteiger partial charge on any atom is 0.410 e. The molecule has 2 saturated heterocycles. The minimum atomic E-state index is -0.168. The number of likely N-dealkylation sites (N-methyl/N-ethyl adjacent to an activating group) is 1. The monoisotopic (exact) mass is 344 g/mol. The fourth-order valence-electron chi connectivity index (χ4n) is 4.15. The lowest BCUT2D eigenvalue weighted by molar-refractivity contribution is 0.0403. The maximum atomic E-state index is 12.5. The number of rotatable bonds is 2. The van der Waals surface area contributed by atoms with Gasteiger partial charge in [0.05, 0.1) is 6.54 Å². The zero-order valence-electron chi connectivity index (χ0n) is 15.0. The summed E-state index contributed by atoms with van der Waals surface area (Å²) in [7, 11) is 2.19. The predicted octanol–water partition coefficient (Wildman–Crippen LogP) is 2.00. The van der Waals surface area contributed by atoms with Gasteiger partial charge in [0.2, 0.25) is 0 Å². The van der Waals surface area contributed by atoms with Crippen LogP contribution in [0.5, 0.6) is 0 Å².